The molecule has 20 heavy (non-hydrogen) atoms. The summed E-state index contributed by atoms with van der Waals surface area (Å²) in [5.74, 6) is -0.267. The lowest BCUT2D eigenvalue weighted by Crippen LogP contribution is -2.08. The molecule has 5 heteroatoms. The molecule has 1 atom stereocenters. The number of rotatable bonds is 0. The van der Waals surface area contributed by atoms with Gasteiger partial charge in [0.15, 0.2) is 6.23 Å². The van der Waals surface area contributed by atoms with Crippen molar-refractivity contribution in [1.82, 2.24) is 0 Å². The first-order valence-electron chi connectivity index (χ1n) is 6.16. The predicted octanol–water partition coefficient (Wildman–Crippen LogP) is 4.61. The normalized spacial score (nSPS) is 17.2. The van der Waals surface area contributed by atoms with Crippen molar-refractivity contribution in [3.8, 4) is 0 Å². The third-order valence-corrected chi connectivity index (χ3v) is 5.76. The molecule has 2 aromatic carbocycles. The molecule has 0 amide bonds. The second kappa shape index (κ2) is 4.48. The summed E-state index contributed by atoms with van der Waals surface area (Å²) in [6.45, 7) is 0. The van der Waals surface area contributed by atoms with E-state index in [1.165, 1.54) is 23.9 Å². The van der Waals surface area contributed by atoms with Crippen molar-refractivity contribution in [2.45, 2.75) is 15.3 Å². The van der Waals surface area contributed by atoms with Gasteiger partial charge in [-0.05, 0) is 24.3 Å². The van der Waals surface area contributed by atoms with E-state index in [1.54, 1.807) is 17.4 Å². The molecule has 0 saturated carbocycles. The molecule has 100 valence electrons. The van der Waals surface area contributed by atoms with Crippen LogP contribution in [-0.2, 0) is 0 Å². The Morgan fingerprint density at radius 2 is 2.00 bits per heavy atom. The number of nitrogens with one attached hydrogen (secondary N) is 1. The summed E-state index contributed by atoms with van der Waals surface area (Å²) in [6, 6.07) is 12.6. The monoisotopic (exact) mass is 303 g/mol. The minimum absolute atomic E-state index is 0.267. The highest BCUT2D eigenvalue weighted by molar-refractivity contribution is 8.01. The third-order valence-electron chi connectivity index (χ3n) is 3.31. The van der Waals surface area contributed by atoms with E-state index in [9.17, 15) is 9.50 Å². The van der Waals surface area contributed by atoms with Gasteiger partial charge in [-0.1, -0.05) is 30.0 Å². The number of halogens is 1. The Morgan fingerprint density at radius 3 is 2.90 bits per heavy atom. The van der Waals surface area contributed by atoms with Crippen molar-refractivity contribution in [3.05, 3.63) is 53.8 Å². The van der Waals surface area contributed by atoms with Gasteiger partial charge in [-0.25, -0.2) is 4.39 Å². The fourth-order valence-corrected chi connectivity index (χ4v) is 5.01. The Hall–Kier alpha value is -1.56. The summed E-state index contributed by atoms with van der Waals surface area (Å²) >= 11 is 3.13. The number of aliphatic hydroxyl groups excluding tert-OH is 1. The second-order valence-electron chi connectivity index (χ2n) is 4.59. The zero-order valence-corrected chi connectivity index (χ0v) is 11.9. The van der Waals surface area contributed by atoms with Crippen molar-refractivity contribution in [2.24, 2.45) is 0 Å². The van der Waals surface area contributed by atoms with Crippen LogP contribution in [0.5, 0.6) is 0 Å². The third kappa shape index (κ3) is 1.82. The van der Waals surface area contributed by atoms with Gasteiger partial charge in [-0.2, -0.15) is 0 Å². The van der Waals surface area contributed by atoms with E-state index in [1.807, 2.05) is 24.3 Å². The summed E-state index contributed by atoms with van der Waals surface area (Å²) in [6.07, 6.45) is -0.777. The van der Waals surface area contributed by atoms with Gasteiger partial charge in [-0.15, -0.1) is 11.3 Å². The summed E-state index contributed by atoms with van der Waals surface area (Å²) < 4.78 is 15.5. The van der Waals surface area contributed by atoms with Gasteiger partial charge >= 0.3 is 0 Å². The first kappa shape index (κ1) is 12.2. The number of fused-ring (bicyclic) bond motifs is 4. The molecule has 0 bridgehead atoms. The Kier molecular flexibility index (Phi) is 2.73. The van der Waals surface area contributed by atoms with E-state index in [0.29, 0.717) is 0 Å². The van der Waals surface area contributed by atoms with Gasteiger partial charge in [-0.3, -0.25) is 0 Å². The molecule has 4 rings (SSSR count). The quantitative estimate of drug-likeness (QED) is 0.636. The van der Waals surface area contributed by atoms with E-state index in [4.69, 9.17) is 0 Å². The van der Waals surface area contributed by atoms with Crippen molar-refractivity contribution < 1.29 is 9.50 Å². The molecule has 0 spiro atoms. The SMILES string of the molecule is OC1Nc2ccc(F)cc2Sc2sc3ccccc3c21. The molecule has 2 nitrogen and oxygen atoms in total. The van der Waals surface area contributed by atoms with Crippen LogP contribution < -0.4 is 5.32 Å². The maximum atomic E-state index is 13.4. The second-order valence-corrected chi connectivity index (χ2v) is 6.95. The van der Waals surface area contributed by atoms with Gasteiger partial charge in [0.2, 0.25) is 0 Å². The van der Waals surface area contributed by atoms with E-state index >= 15 is 0 Å². The minimum atomic E-state index is -0.777. The zero-order chi connectivity index (χ0) is 13.7. The van der Waals surface area contributed by atoms with Gasteiger partial charge < -0.3 is 10.4 Å². The van der Waals surface area contributed by atoms with E-state index in [-0.39, 0.29) is 5.82 Å². The molecule has 2 heterocycles. The average Bonchev–Trinajstić information content (AvgIpc) is 2.73. The Bertz CT molecular complexity index is 815. The highest BCUT2D eigenvalue weighted by Crippen LogP contribution is 2.48. The molecule has 1 unspecified atom stereocenters. The number of thiophene rings is 1. The molecule has 1 aliphatic heterocycles. The van der Waals surface area contributed by atoms with Crippen LogP contribution in [0.15, 0.2) is 51.6 Å². The van der Waals surface area contributed by atoms with Crippen LogP contribution >= 0.6 is 23.1 Å². The van der Waals surface area contributed by atoms with Crippen molar-refractivity contribution in [3.63, 3.8) is 0 Å². The average molecular weight is 303 g/mol. The molecule has 3 aromatic rings. The summed E-state index contributed by atoms with van der Waals surface area (Å²) in [5, 5.41) is 14.5. The first-order chi connectivity index (χ1) is 9.72. The number of hydrogen-bond acceptors (Lipinski definition) is 4. The van der Waals surface area contributed by atoms with Crippen LogP contribution in [0.1, 0.15) is 11.8 Å². The molecule has 1 aromatic heterocycles. The molecular weight excluding hydrogens is 293 g/mol. The zero-order valence-electron chi connectivity index (χ0n) is 10.3. The van der Waals surface area contributed by atoms with Gasteiger partial charge in [0.05, 0.1) is 9.90 Å². The maximum Gasteiger partial charge on any atom is 0.153 e. The topological polar surface area (TPSA) is 32.3 Å². The van der Waals surface area contributed by atoms with E-state index in [0.717, 1.165) is 30.4 Å². The first-order valence-corrected chi connectivity index (χ1v) is 7.79. The van der Waals surface area contributed by atoms with Crippen molar-refractivity contribution in [2.75, 3.05) is 5.32 Å². The van der Waals surface area contributed by atoms with E-state index in [2.05, 4.69) is 5.32 Å². The Balaban J connectivity index is 1.95. The van der Waals surface area contributed by atoms with Gasteiger partial charge in [0.25, 0.3) is 0 Å². The number of benzene rings is 2. The van der Waals surface area contributed by atoms with Crippen LogP contribution in [0.3, 0.4) is 0 Å². The maximum absolute atomic E-state index is 13.4. The van der Waals surface area contributed by atoms with Crippen LogP contribution in [0.4, 0.5) is 10.1 Å². The molecule has 2 N–H and O–H groups in total. The number of hydrogen-bond donors (Lipinski definition) is 2. The molecule has 0 fully saturated rings. The van der Waals surface area contributed by atoms with Crippen LogP contribution in [0.25, 0.3) is 10.1 Å². The summed E-state index contributed by atoms with van der Waals surface area (Å²) in [5.41, 5.74) is 1.64. The molecule has 0 radical (unpaired) electrons. The summed E-state index contributed by atoms with van der Waals surface area (Å²) in [4.78, 5) is 0.800. The van der Waals surface area contributed by atoms with Crippen LogP contribution in [0, 0.1) is 5.82 Å². The fourth-order valence-electron chi connectivity index (χ4n) is 2.40. The van der Waals surface area contributed by atoms with E-state index < -0.39 is 6.23 Å². The lowest BCUT2D eigenvalue weighted by molar-refractivity contribution is 0.208. The minimum Gasteiger partial charge on any atom is -0.369 e. The molecule has 0 saturated heterocycles. The largest absolute Gasteiger partial charge is 0.369 e. The van der Waals surface area contributed by atoms with Crippen molar-refractivity contribution >= 4 is 38.9 Å². The lowest BCUT2D eigenvalue weighted by atomic mass is 10.1. The molecule has 1 aliphatic rings. The van der Waals surface area contributed by atoms with Crippen LogP contribution in [0.2, 0.25) is 0 Å². The van der Waals surface area contributed by atoms with Gasteiger partial charge in [0.1, 0.15) is 5.82 Å². The Labute approximate surface area is 123 Å². The molecular formula is C15H10FNOS2. The molecule has 0 aliphatic carbocycles. The smallest absolute Gasteiger partial charge is 0.153 e. The van der Waals surface area contributed by atoms with Crippen molar-refractivity contribution in [1.29, 1.82) is 0 Å². The number of anilines is 1. The highest BCUT2D eigenvalue weighted by atomic mass is 32.2. The fraction of sp³-hybridized carbons (Fsp3) is 0.0667. The summed E-state index contributed by atoms with van der Waals surface area (Å²) in [7, 11) is 0. The lowest BCUT2D eigenvalue weighted by Gasteiger charge is -2.13. The number of aliphatic hydroxyl groups is 1. The van der Waals surface area contributed by atoms with Gasteiger partial charge in [0, 0.05) is 20.5 Å². The highest BCUT2D eigenvalue weighted by Gasteiger charge is 2.24. The standard InChI is InChI=1S/C15H10FNOS2/c16-8-5-6-10-12(7-8)20-15-13(14(18)17-10)9-3-1-2-4-11(9)19-15/h1-7,14,17-18H. The van der Waals surface area contributed by atoms with Crippen LogP contribution in [-0.4, -0.2) is 5.11 Å². The predicted molar refractivity (Wildman–Crippen MR) is 80.9 cm³/mol. The Morgan fingerprint density at radius 1 is 1.15 bits per heavy atom.